The first-order chi connectivity index (χ1) is 16.9. The first kappa shape index (κ1) is 24.2. The van der Waals surface area contributed by atoms with Gasteiger partial charge in [-0.1, -0.05) is 11.6 Å². The molecule has 2 aromatic carbocycles. The molecule has 9 heteroatoms. The van der Waals surface area contributed by atoms with Gasteiger partial charge in [-0.05, 0) is 102 Å². The van der Waals surface area contributed by atoms with Gasteiger partial charge in [-0.15, -0.1) is 0 Å². The van der Waals surface area contributed by atoms with Crippen LogP contribution in [0.25, 0.3) is 11.8 Å². The molecule has 0 unspecified atom stereocenters. The van der Waals surface area contributed by atoms with Crippen molar-refractivity contribution in [2.24, 2.45) is 4.99 Å². The molecular weight excluding hydrogens is 548 g/mol. The zero-order valence-corrected chi connectivity index (χ0v) is 22.5. The molecule has 6 nitrogen and oxygen atoms in total. The number of thioether (sulfide) groups is 1. The third-order valence-corrected chi connectivity index (χ3v) is 8.17. The minimum Gasteiger partial charge on any atom is -0.378 e. The van der Waals surface area contributed by atoms with Crippen LogP contribution in [0.3, 0.4) is 0 Å². The Labute approximate surface area is 222 Å². The van der Waals surface area contributed by atoms with Crippen molar-refractivity contribution in [2.75, 3.05) is 31.2 Å². The Kier molecular flexibility index (Phi) is 7.07. The molecule has 2 saturated heterocycles. The van der Waals surface area contributed by atoms with E-state index in [2.05, 4.69) is 79.9 Å². The van der Waals surface area contributed by atoms with Gasteiger partial charge in [-0.3, -0.25) is 4.79 Å². The summed E-state index contributed by atoms with van der Waals surface area (Å²) >= 11 is 10.9. The number of halogens is 2. The van der Waals surface area contributed by atoms with Gasteiger partial charge in [0.25, 0.3) is 5.91 Å². The molecule has 2 fully saturated rings. The first-order valence-corrected chi connectivity index (χ1v) is 13.2. The number of hydrogen-bond acceptors (Lipinski definition) is 5. The van der Waals surface area contributed by atoms with E-state index in [9.17, 15) is 4.79 Å². The number of benzene rings is 2. The largest absolute Gasteiger partial charge is 0.378 e. The number of morpholine rings is 1. The van der Waals surface area contributed by atoms with Crippen molar-refractivity contribution in [3.8, 4) is 5.69 Å². The molecule has 0 saturated carbocycles. The Hall–Kier alpha value is -2.52. The average Bonchev–Trinajstić information content (AvgIpc) is 3.34. The molecule has 0 radical (unpaired) electrons. The number of carbonyl (C=O) groups excluding carboxylic acids is 1. The third-order valence-electron chi connectivity index (χ3n) is 6.03. The molecule has 5 rings (SSSR count). The van der Waals surface area contributed by atoms with E-state index in [4.69, 9.17) is 16.3 Å². The lowest BCUT2D eigenvalue weighted by Gasteiger charge is -2.29. The van der Waals surface area contributed by atoms with E-state index in [-0.39, 0.29) is 5.91 Å². The van der Waals surface area contributed by atoms with Crippen molar-refractivity contribution in [3.63, 3.8) is 0 Å². The number of rotatable bonds is 4. The summed E-state index contributed by atoms with van der Waals surface area (Å²) in [4.78, 5) is 20.1. The molecule has 180 valence electrons. The van der Waals surface area contributed by atoms with Crippen LogP contribution in [0.15, 0.2) is 62.9 Å². The van der Waals surface area contributed by atoms with Crippen LogP contribution in [0.1, 0.15) is 17.0 Å². The van der Waals surface area contributed by atoms with Crippen molar-refractivity contribution in [1.82, 2.24) is 9.88 Å². The van der Waals surface area contributed by atoms with Crippen molar-refractivity contribution in [2.45, 2.75) is 13.8 Å². The number of carbonyl (C=O) groups is 1. The van der Waals surface area contributed by atoms with Crippen LogP contribution in [-0.2, 0) is 9.53 Å². The van der Waals surface area contributed by atoms with Crippen LogP contribution in [0.2, 0.25) is 5.02 Å². The minimum atomic E-state index is -0.156. The first-order valence-electron chi connectivity index (χ1n) is 11.3. The molecular formula is C26H24BrClN4O2S. The van der Waals surface area contributed by atoms with Crippen molar-refractivity contribution >= 4 is 67.8 Å². The standard InChI is InChI=1S/C26H24BrClN4O2S/c1-16-13-18(14-24-25(33)30-26(35-24)29-19-3-8-22(27)23(28)15-19)17(2)32(16)21-6-4-20(5-7-21)31-9-11-34-12-10-31/h3-8,13-15H,9-12H2,1-2H3,(H,29,30,33)/b24-14-. The highest BCUT2D eigenvalue weighted by Gasteiger charge is 2.25. The predicted octanol–water partition coefficient (Wildman–Crippen LogP) is 6.24. The molecule has 0 spiro atoms. The number of nitrogens with zero attached hydrogens (tertiary/aromatic N) is 3. The number of hydrogen-bond donors (Lipinski definition) is 1. The number of aliphatic imine (C=N–C) groups is 1. The number of anilines is 1. The number of aryl methyl sites for hydroxylation is 1. The second-order valence-electron chi connectivity index (χ2n) is 8.36. The second kappa shape index (κ2) is 10.2. The Balaban J connectivity index is 1.37. The monoisotopic (exact) mass is 570 g/mol. The number of amides is 1. The lowest BCUT2D eigenvalue weighted by molar-refractivity contribution is -0.115. The average molecular weight is 572 g/mol. The molecule has 1 aromatic heterocycles. The van der Waals surface area contributed by atoms with Gasteiger partial charge in [0, 0.05) is 40.3 Å². The van der Waals surface area contributed by atoms with E-state index >= 15 is 0 Å². The van der Waals surface area contributed by atoms with Gasteiger partial charge >= 0.3 is 0 Å². The van der Waals surface area contributed by atoms with Gasteiger partial charge in [0.2, 0.25) is 0 Å². The normalized spacial score (nSPS) is 18.5. The Bertz CT molecular complexity index is 1340. The second-order valence-corrected chi connectivity index (χ2v) is 10.7. The van der Waals surface area contributed by atoms with Gasteiger partial charge in [0.1, 0.15) is 0 Å². The molecule has 0 bridgehead atoms. The van der Waals surface area contributed by atoms with E-state index in [0.29, 0.717) is 20.8 Å². The van der Waals surface area contributed by atoms with Crippen LogP contribution in [0.4, 0.5) is 11.4 Å². The summed E-state index contributed by atoms with van der Waals surface area (Å²) in [6.45, 7) is 7.52. The van der Waals surface area contributed by atoms with E-state index in [1.807, 2.05) is 18.2 Å². The Morgan fingerprint density at radius 1 is 1.09 bits per heavy atom. The summed E-state index contributed by atoms with van der Waals surface area (Å²) < 4.78 is 8.48. The van der Waals surface area contributed by atoms with E-state index < -0.39 is 0 Å². The summed E-state index contributed by atoms with van der Waals surface area (Å²) in [5, 5.41) is 3.95. The Morgan fingerprint density at radius 3 is 2.51 bits per heavy atom. The smallest absolute Gasteiger partial charge is 0.264 e. The molecule has 3 aromatic rings. The minimum absolute atomic E-state index is 0.156. The van der Waals surface area contributed by atoms with Gasteiger partial charge in [0.05, 0.1) is 28.8 Å². The van der Waals surface area contributed by atoms with Crippen LogP contribution in [0.5, 0.6) is 0 Å². The number of nitrogens with one attached hydrogen (secondary N) is 1. The number of ether oxygens (including phenoxy) is 1. The van der Waals surface area contributed by atoms with E-state index in [0.717, 1.165) is 53.4 Å². The highest BCUT2D eigenvalue weighted by atomic mass is 79.9. The quantitative estimate of drug-likeness (QED) is 0.377. The van der Waals surface area contributed by atoms with Crippen LogP contribution in [0, 0.1) is 13.8 Å². The van der Waals surface area contributed by atoms with E-state index in [1.165, 1.54) is 17.4 Å². The van der Waals surface area contributed by atoms with Gasteiger partial charge < -0.3 is 19.5 Å². The van der Waals surface area contributed by atoms with Gasteiger partial charge in [-0.25, -0.2) is 4.99 Å². The lowest BCUT2D eigenvalue weighted by atomic mass is 10.2. The molecule has 3 heterocycles. The zero-order valence-electron chi connectivity index (χ0n) is 19.3. The highest BCUT2D eigenvalue weighted by molar-refractivity contribution is 9.10. The fourth-order valence-corrected chi connectivity index (χ4v) is 5.51. The highest BCUT2D eigenvalue weighted by Crippen LogP contribution is 2.32. The third kappa shape index (κ3) is 5.21. The maximum Gasteiger partial charge on any atom is 0.264 e. The molecule has 35 heavy (non-hydrogen) atoms. The van der Waals surface area contributed by atoms with Crippen LogP contribution < -0.4 is 10.2 Å². The molecule has 1 amide bonds. The summed E-state index contributed by atoms with van der Waals surface area (Å²) in [5.41, 5.74) is 6.17. The van der Waals surface area contributed by atoms with Crippen LogP contribution >= 0.6 is 39.3 Å². The summed E-state index contributed by atoms with van der Waals surface area (Å²) in [6.07, 6.45) is 1.93. The molecule has 2 aliphatic heterocycles. The molecule has 2 aliphatic rings. The lowest BCUT2D eigenvalue weighted by Crippen LogP contribution is -2.36. The predicted molar refractivity (Wildman–Crippen MR) is 148 cm³/mol. The molecule has 0 atom stereocenters. The zero-order chi connectivity index (χ0) is 24.5. The topological polar surface area (TPSA) is 58.9 Å². The fourth-order valence-electron chi connectivity index (χ4n) is 4.26. The molecule has 1 N–H and O–H groups in total. The Morgan fingerprint density at radius 2 is 1.80 bits per heavy atom. The SMILES string of the molecule is Cc1cc(/C=C2\SC(=Nc3ccc(Br)c(Cl)c3)NC2=O)c(C)n1-c1ccc(N2CCOCC2)cc1. The van der Waals surface area contributed by atoms with E-state index in [1.54, 1.807) is 6.07 Å². The fraction of sp³-hybridized carbons (Fsp3) is 0.231. The van der Waals surface area contributed by atoms with Crippen molar-refractivity contribution in [3.05, 3.63) is 79.9 Å². The summed E-state index contributed by atoms with van der Waals surface area (Å²) in [5.74, 6) is -0.156. The van der Waals surface area contributed by atoms with Gasteiger partial charge in [-0.2, -0.15) is 0 Å². The summed E-state index contributed by atoms with van der Waals surface area (Å²) in [7, 11) is 0. The van der Waals surface area contributed by atoms with Crippen molar-refractivity contribution < 1.29 is 9.53 Å². The number of aromatic nitrogens is 1. The summed E-state index contributed by atoms with van der Waals surface area (Å²) in [6, 6.07) is 16.2. The maximum atomic E-state index is 12.6. The molecule has 0 aliphatic carbocycles. The van der Waals surface area contributed by atoms with Gasteiger partial charge in [0.15, 0.2) is 5.17 Å². The maximum absolute atomic E-state index is 12.6. The van der Waals surface area contributed by atoms with Crippen molar-refractivity contribution in [1.29, 1.82) is 0 Å². The van der Waals surface area contributed by atoms with Crippen LogP contribution in [-0.4, -0.2) is 41.9 Å². The number of amidine groups is 1.